The number of hydrogen-bond donors (Lipinski definition) is 1. The second-order valence-corrected chi connectivity index (χ2v) is 3.19. The Labute approximate surface area is 77.0 Å². The van der Waals surface area contributed by atoms with Crippen molar-refractivity contribution in [3.05, 3.63) is 0 Å². The van der Waals surface area contributed by atoms with Gasteiger partial charge in [-0.15, -0.1) is 6.42 Å². The largest absolute Gasteiger partial charge is 0.451 e. The summed E-state index contributed by atoms with van der Waals surface area (Å²) in [6.07, 6.45) is 7.49. The lowest BCUT2D eigenvalue weighted by atomic mass is 10.2. The van der Waals surface area contributed by atoms with Crippen LogP contribution >= 0.6 is 11.8 Å². The normalized spacial score (nSPS) is 11.8. The Kier molecular flexibility index (Phi) is 6.63. The van der Waals surface area contributed by atoms with Crippen LogP contribution in [0.3, 0.4) is 0 Å². The van der Waals surface area contributed by atoms with Gasteiger partial charge in [-0.2, -0.15) is 11.8 Å². The van der Waals surface area contributed by atoms with Crippen LogP contribution < -0.4 is 5.73 Å². The van der Waals surface area contributed by atoms with E-state index in [2.05, 4.69) is 10.7 Å². The fourth-order valence-electron chi connectivity index (χ4n) is 0.583. The number of terminal acetylenes is 1. The molecule has 0 saturated carbocycles. The molecule has 0 unspecified atom stereocenters. The van der Waals surface area contributed by atoms with Gasteiger partial charge in [-0.25, -0.2) is 0 Å². The van der Waals surface area contributed by atoms with Gasteiger partial charge in [0.15, 0.2) is 6.61 Å². The molecule has 2 N–H and O–H groups in total. The molecular formula is C8H13NO2S. The highest BCUT2D eigenvalue weighted by Gasteiger charge is 2.13. The molecule has 0 spiro atoms. The lowest BCUT2D eigenvalue weighted by Gasteiger charge is -2.08. The average Bonchev–Trinajstić information content (AvgIpc) is 2.10. The summed E-state index contributed by atoms with van der Waals surface area (Å²) in [5, 5.41) is 0. The van der Waals surface area contributed by atoms with Gasteiger partial charge < -0.3 is 10.5 Å². The molecule has 0 bridgehead atoms. The minimum absolute atomic E-state index is 0.00576. The van der Waals surface area contributed by atoms with Gasteiger partial charge in [0.25, 0.3) is 0 Å². The zero-order valence-corrected chi connectivity index (χ0v) is 7.89. The first-order valence-corrected chi connectivity index (χ1v) is 4.96. The van der Waals surface area contributed by atoms with Crippen LogP contribution in [0.5, 0.6) is 0 Å². The molecule has 0 aromatic carbocycles. The van der Waals surface area contributed by atoms with Crippen molar-refractivity contribution in [2.24, 2.45) is 5.73 Å². The van der Waals surface area contributed by atoms with Crippen LogP contribution in [0.25, 0.3) is 0 Å². The predicted octanol–water partition coefficient (Wildman–Crippen LogP) is 0.243. The molecule has 0 aliphatic rings. The SMILES string of the molecule is C#CCOC(=O)[C@H](N)CCSC. The maximum absolute atomic E-state index is 11.0. The second-order valence-electron chi connectivity index (χ2n) is 2.20. The number of esters is 1. The van der Waals surface area contributed by atoms with Crippen LogP contribution in [0.15, 0.2) is 0 Å². The summed E-state index contributed by atoms with van der Waals surface area (Å²) in [5.41, 5.74) is 5.49. The molecule has 1 atom stereocenters. The molecule has 3 nitrogen and oxygen atoms in total. The summed E-state index contributed by atoms with van der Waals surface area (Å²) in [5.74, 6) is 2.64. The van der Waals surface area contributed by atoms with E-state index in [9.17, 15) is 4.79 Å². The minimum Gasteiger partial charge on any atom is -0.451 e. The molecule has 0 heterocycles. The third kappa shape index (κ3) is 5.05. The summed E-state index contributed by atoms with van der Waals surface area (Å²) in [6, 6.07) is -0.536. The maximum Gasteiger partial charge on any atom is 0.323 e. The fraction of sp³-hybridized carbons (Fsp3) is 0.625. The van der Waals surface area contributed by atoms with E-state index in [0.717, 1.165) is 5.75 Å². The monoisotopic (exact) mass is 187 g/mol. The summed E-state index contributed by atoms with van der Waals surface area (Å²) in [7, 11) is 0. The van der Waals surface area contributed by atoms with Crippen LogP contribution in [0, 0.1) is 12.3 Å². The maximum atomic E-state index is 11.0. The molecular weight excluding hydrogens is 174 g/mol. The Balaban J connectivity index is 3.55. The standard InChI is InChI=1S/C8H13NO2S/c1-3-5-11-8(10)7(9)4-6-12-2/h1,7H,4-6,9H2,2H3/t7-/m1/s1. The number of rotatable bonds is 5. The van der Waals surface area contributed by atoms with Crippen LogP contribution in [0.1, 0.15) is 6.42 Å². The topological polar surface area (TPSA) is 52.3 Å². The smallest absolute Gasteiger partial charge is 0.323 e. The molecule has 0 fully saturated rings. The average molecular weight is 187 g/mol. The van der Waals surface area contributed by atoms with E-state index in [1.54, 1.807) is 11.8 Å². The highest BCUT2D eigenvalue weighted by atomic mass is 32.2. The first kappa shape index (κ1) is 11.3. The van der Waals surface area contributed by atoms with E-state index in [1.807, 2.05) is 6.26 Å². The molecule has 0 aromatic rings. The van der Waals surface area contributed by atoms with Crippen LogP contribution in [-0.4, -0.2) is 30.6 Å². The number of nitrogens with two attached hydrogens (primary N) is 1. The summed E-state index contributed by atoms with van der Waals surface area (Å²) < 4.78 is 4.64. The van der Waals surface area contributed by atoms with Crippen molar-refractivity contribution in [3.8, 4) is 12.3 Å². The van der Waals surface area contributed by atoms with Gasteiger partial charge in [-0.05, 0) is 18.4 Å². The zero-order chi connectivity index (χ0) is 9.40. The second kappa shape index (κ2) is 7.01. The van der Waals surface area contributed by atoms with Gasteiger partial charge in [-0.3, -0.25) is 4.79 Å². The van der Waals surface area contributed by atoms with Gasteiger partial charge in [0.05, 0.1) is 0 Å². The Morgan fingerprint density at radius 3 is 3.00 bits per heavy atom. The van der Waals surface area contributed by atoms with Gasteiger partial charge in [-0.1, -0.05) is 5.92 Å². The lowest BCUT2D eigenvalue weighted by Crippen LogP contribution is -2.32. The first-order valence-electron chi connectivity index (χ1n) is 3.57. The molecule has 4 heteroatoms. The Morgan fingerprint density at radius 2 is 2.50 bits per heavy atom. The van der Waals surface area contributed by atoms with Crippen molar-refractivity contribution in [2.45, 2.75) is 12.5 Å². The lowest BCUT2D eigenvalue weighted by molar-refractivity contribution is -0.143. The highest BCUT2D eigenvalue weighted by Crippen LogP contribution is 1.99. The van der Waals surface area contributed by atoms with Crippen molar-refractivity contribution in [1.29, 1.82) is 0 Å². The third-order valence-corrected chi connectivity index (χ3v) is 1.88. The Morgan fingerprint density at radius 1 is 1.83 bits per heavy atom. The predicted molar refractivity (Wildman–Crippen MR) is 50.8 cm³/mol. The van der Waals surface area contributed by atoms with Crippen molar-refractivity contribution < 1.29 is 9.53 Å². The number of ether oxygens (including phenoxy) is 1. The van der Waals surface area contributed by atoms with Gasteiger partial charge in [0.2, 0.25) is 0 Å². The summed E-state index contributed by atoms with van der Waals surface area (Å²) in [6.45, 7) is 0.00576. The van der Waals surface area contributed by atoms with E-state index in [4.69, 9.17) is 12.2 Å². The number of hydrogen-bond acceptors (Lipinski definition) is 4. The number of thioether (sulfide) groups is 1. The summed E-state index contributed by atoms with van der Waals surface area (Å²) in [4.78, 5) is 11.0. The molecule has 0 rings (SSSR count). The van der Waals surface area contributed by atoms with Gasteiger partial charge in [0, 0.05) is 0 Å². The zero-order valence-electron chi connectivity index (χ0n) is 7.08. The summed E-state index contributed by atoms with van der Waals surface area (Å²) >= 11 is 1.64. The van der Waals surface area contributed by atoms with Crippen molar-refractivity contribution in [1.82, 2.24) is 0 Å². The number of carbonyl (C=O) groups excluding carboxylic acids is 1. The van der Waals surface area contributed by atoms with E-state index in [0.29, 0.717) is 6.42 Å². The van der Waals surface area contributed by atoms with Crippen LogP contribution in [-0.2, 0) is 9.53 Å². The quantitative estimate of drug-likeness (QED) is 0.495. The van der Waals surface area contributed by atoms with Crippen molar-refractivity contribution in [2.75, 3.05) is 18.6 Å². The van der Waals surface area contributed by atoms with Gasteiger partial charge in [0.1, 0.15) is 6.04 Å². The van der Waals surface area contributed by atoms with Crippen LogP contribution in [0.2, 0.25) is 0 Å². The van der Waals surface area contributed by atoms with E-state index in [1.165, 1.54) is 0 Å². The molecule has 68 valence electrons. The van der Waals surface area contributed by atoms with E-state index in [-0.39, 0.29) is 6.61 Å². The molecule has 12 heavy (non-hydrogen) atoms. The molecule has 0 amide bonds. The highest BCUT2D eigenvalue weighted by molar-refractivity contribution is 7.98. The Hall–Kier alpha value is -0.660. The van der Waals surface area contributed by atoms with Crippen molar-refractivity contribution in [3.63, 3.8) is 0 Å². The van der Waals surface area contributed by atoms with Crippen molar-refractivity contribution >= 4 is 17.7 Å². The van der Waals surface area contributed by atoms with Gasteiger partial charge >= 0.3 is 5.97 Å². The molecule has 0 saturated heterocycles. The molecule has 0 aliphatic heterocycles. The molecule has 0 aliphatic carbocycles. The Bertz CT molecular complexity index is 176. The third-order valence-electron chi connectivity index (χ3n) is 1.23. The van der Waals surface area contributed by atoms with Crippen LogP contribution in [0.4, 0.5) is 0 Å². The fourth-order valence-corrected chi connectivity index (χ4v) is 1.07. The molecule has 0 aromatic heterocycles. The minimum atomic E-state index is -0.536. The van der Waals surface area contributed by atoms with E-state index < -0.39 is 12.0 Å². The first-order chi connectivity index (χ1) is 5.72. The number of carbonyl (C=O) groups is 1. The molecule has 0 radical (unpaired) electrons. The van der Waals surface area contributed by atoms with E-state index >= 15 is 0 Å².